The molecule has 8 heavy (non-hydrogen) atoms. The second-order valence-corrected chi connectivity index (χ2v) is 2.45. The minimum atomic E-state index is 0.0312. The summed E-state index contributed by atoms with van der Waals surface area (Å²) in [5.74, 6) is 0.321. The molecule has 0 bridgehead atoms. The number of ketones is 1. The van der Waals surface area contributed by atoms with Crippen LogP contribution in [-0.2, 0) is 9.53 Å². The first-order chi connectivity index (χ1) is 3.88. The van der Waals surface area contributed by atoms with Crippen molar-refractivity contribution >= 4 is 5.78 Å². The maximum absolute atomic E-state index is 10.7. The van der Waals surface area contributed by atoms with Crippen LogP contribution in [0.2, 0.25) is 0 Å². The molecule has 2 aliphatic rings. The van der Waals surface area contributed by atoms with Crippen LogP contribution in [-0.4, -0.2) is 18.0 Å². The van der Waals surface area contributed by atoms with E-state index in [0.717, 1.165) is 19.3 Å². The van der Waals surface area contributed by atoms with E-state index in [1.54, 1.807) is 0 Å². The molecule has 0 aromatic heterocycles. The molecule has 2 fully saturated rings. The average Bonchev–Trinajstić information content (AvgIpc) is 2.45. The number of Topliss-reactive ketones (excluding diaryl/α,β-unsaturated/α-hetero) is 1. The first-order valence-corrected chi connectivity index (χ1v) is 3.06. The lowest BCUT2D eigenvalue weighted by atomic mass is 10.00. The second-order valence-electron chi connectivity index (χ2n) is 2.45. The fourth-order valence-electron chi connectivity index (χ4n) is 1.27. The topological polar surface area (TPSA) is 29.6 Å². The summed E-state index contributed by atoms with van der Waals surface area (Å²) >= 11 is 0. The molecule has 0 aromatic carbocycles. The quantitative estimate of drug-likeness (QED) is 0.427. The molecule has 44 valence electrons. The van der Waals surface area contributed by atoms with Crippen molar-refractivity contribution < 1.29 is 9.53 Å². The maximum Gasteiger partial charge on any atom is 0.164 e. The maximum atomic E-state index is 10.7. The Kier molecular flexibility index (Phi) is 0.742. The highest BCUT2D eigenvalue weighted by molar-refractivity contribution is 5.86. The van der Waals surface area contributed by atoms with Crippen molar-refractivity contribution in [1.29, 1.82) is 0 Å². The molecule has 0 radical (unpaired) electrons. The predicted molar refractivity (Wildman–Crippen MR) is 27.5 cm³/mol. The zero-order chi connectivity index (χ0) is 5.56. The largest absolute Gasteiger partial charge is 0.361 e. The van der Waals surface area contributed by atoms with E-state index in [9.17, 15) is 4.79 Å². The van der Waals surface area contributed by atoms with Crippen molar-refractivity contribution in [2.75, 3.05) is 0 Å². The fourth-order valence-corrected chi connectivity index (χ4v) is 1.27. The van der Waals surface area contributed by atoms with Gasteiger partial charge in [-0.1, -0.05) is 0 Å². The monoisotopic (exact) mass is 112 g/mol. The van der Waals surface area contributed by atoms with Gasteiger partial charge in [0.25, 0.3) is 0 Å². The molecule has 2 heteroatoms. The van der Waals surface area contributed by atoms with Crippen LogP contribution in [0.5, 0.6) is 0 Å². The summed E-state index contributed by atoms with van der Waals surface area (Å²) in [6.45, 7) is 0. The van der Waals surface area contributed by atoms with E-state index >= 15 is 0 Å². The third-order valence-electron chi connectivity index (χ3n) is 1.81. The molecule has 2 atom stereocenters. The van der Waals surface area contributed by atoms with Crippen LogP contribution in [0.4, 0.5) is 0 Å². The van der Waals surface area contributed by atoms with Gasteiger partial charge in [-0.25, -0.2) is 0 Å². The molecule has 2 rings (SSSR count). The molecule has 1 saturated heterocycles. The van der Waals surface area contributed by atoms with E-state index < -0.39 is 0 Å². The van der Waals surface area contributed by atoms with Gasteiger partial charge in [-0.15, -0.1) is 0 Å². The van der Waals surface area contributed by atoms with Crippen LogP contribution in [0.3, 0.4) is 0 Å². The normalized spacial score (nSPS) is 43.8. The molecule has 1 aliphatic heterocycles. The Morgan fingerprint density at radius 2 is 2.50 bits per heavy atom. The van der Waals surface area contributed by atoms with E-state index in [1.807, 2.05) is 0 Å². The first-order valence-electron chi connectivity index (χ1n) is 3.06. The number of carbonyl (C=O) groups excluding carboxylic acids is 1. The van der Waals surface area contributed by atoms with Gasteiger partial charge in [0, 0.05) is 6.42 Å². The zero-order valence-electron chi connectivity index (χ0n) is 4.59. The first kappa shape index (κ1) is 4.50. The van der Waals surface area contributed by atoms with Crippen LogP contribution in [0.1, 0.15) is 19.3 Å². The number of epoxide rings is 1. The molecule has 0 N–H and O–H groups in total. The van der Waals surface area contributed by atoms with Gasteiger partial charge < -0.3 is 4.74 Å². The Morgan fingerprint density at radius 1 is 1.62 bits per heavy atom. The van der Waals surface area contributed by atoms with Crippen LogP contribution >= 0.6 is 0 Å². The number of carbonyl (C=O) groups is 1. The molecule has 1 unspecified atom stereocenters. The van der Waals surface area contributed by atoms with Gasteiger partial charge in [-0.05, 0) is 12.8 Å². The Labute approximate surface area is 47.8 Å². The summed E-state index contributed by atoms with van der Waals surface area (Å²) in [6, 6.07) is 0. The minimum Gasteiger partial charge on any atom is -0.361 e. The Balaban J connectivity index is 2.08. The standard InChI is InChI=1S/C6H8O2/c7-4-2-1-3-5-6(4)8-5/h5-6H,1-3H2/t5?,6-/m1/s1. The third kappa shape index (κ3) is 0.494. The van der Waals surface area contributed by atoms with Crippen molar-refractivity contribution in [1.82, 2.24) is 0 Å². The fraction of sp³-hybridized carbons (Fsp3) is 0.833. The summed E-state index contributed by atoms with van der Waals surface area (Å²) in [5, 5.41) is 0. The minimum absolute atomic E-state index is 0.0312. The SMILES string of the molecule is O=C1CCCC2O[C@H]12. The molecule has 1 aliphatic carbocycles. The lowest BCUT2D eigenvalue weighted by Gasteiger charge is -2.00. The summed E-state index contributed by atoms with van der Waals surface area (Å²) < 4.78 is 5.04. The van der Waals surface area contributed by atoms with Gasteiger partial charge >= 0.3 is 0 Å². The number of hydrogen-bond donors (Lipinski definition) is 0. The highest BCUT2D eigenvalue weighted by Crippen LogP contribution is 2.33. The van der Waals surface area contributed by atoms with Crippen LogP contribution in [0, 0.1) is 0 Å². The highest BCUT2D eigenvalue weighted by Gasteiger charge is 2.46. The van der Waals surface area contributed by atoms with Gasteiger partial charge in [0.15, 0.2) is 5.78 Å². The molecule has 1 saturated carbocycles. The zero-order valence-corrected chi connectivity index (χ0v) is 4.59. The second kappa shape index (κ2) is 1.32. The predicted octanol–water partition coefficient (Wildman–Crippen LogP) is 0.507. The molecule has 1 heterocycles. The molecular formula is C6H8O2. The van der Waals surface area contributed by atoms with Crippen molar-refractivity contribution in [3.05, 3.63) is 0 Å². The third-order valence-corrected chi connectivity index (χ3v) is 1.81. The number of fused-ring (bicyclic) bond motifs is 1. The highest BCUT2D eigenvalue weighted by atomic mass is 16.6. The number of ether oxygens (including phenoxy) is 1. The molecule has 0 spiro atoms. The van der Waals surface area contributed by atoms with Crippen LogP contribution < -0.4 is 0 Å². The lowest BCUT2D eigenvalue weighted by molar-refractivity contribution is -0.120. The molecule has 0 aromatic rings. The van der Waals surface area contributed by atoms with Crippen LogP contribution in [0.25, 0.3) is 0 Å². The summed E-state index contributed by atoms with van der Waals surface area (Å²) in [5.41, 5.74) is 0. The Morgan fingerprint density at radius 3 is 3.12 bits per heavy atom. The van der Waals surface area contributed by atoms with E-state index in [2.05, 4.69) is 0 Å². The van der Waals surface area contributed by atoms with Gasteiger partial charge in [0.05, 0.1) is 6.10 Å². The molecule has 0 amide bonds. The van der Waals surface area contributed by atoms with E-state index in [0.29, 0.717) is 11.9 Å². The molecular weight excluding hydrogens is 104 g/mol. The summed E-state index contributed by atoms with van der Waals surface area (Å²) in [4.78, 5) is 10.7. The Bertz CT molecular complexity index is 130. The smallest absolute Gasteiger partial charge is 0.164 e. The number of rotatable bonds is 0. The average molecular weight is 112 g/mol. The Hall–Kier alpha value is -0.370. The molecule has 2 nitrogen and oxygen atoms in total. The van der Waals surface area contributed by atoms with Gasteiger partial charge in [0.2, 0.25) is 0 Å². The van der Waals surface area contributed by atoms with Crippen molar-refractivity contribution in [2.45, 2.75) is 31.5 Å². The summed E-state index contributed by atoms with van der Waals surface area (Å²) in [7, 11) is 0. The van der Waals surface area contributed by atoms with Crippen molar-refractivity contribution in [3.8, 4) is 0 Å². The van der Waals surface area contributed by atoms with E-state index in [1.165, 1.54) is 0 Å². The van der Waals surface area contributed by atoms with Crippen LogP contribution in [0.15, 0.2) is 0 Å². The van der Waals surface area contributed by atoms with E-state index in [-0.39, 0.29) is 6.10 Å². The van der Waals surface area contributed by atoms with Gasteiger partial charge in [0.1, 0.15) is 6.10 Å². The lowest BCUT2D eigenvalue weighted by Crippen LogP contribution is -2.14. The van der Waals surface area contributed by atoms with Gasteiger partial charge in [-0.2, -0.15) is 0 Å². The van der Waals surface area contributed by atoms with Crippen molar-refractivity contribution in [2.24, 2.45) is 0 Å². The van der Waals surface area contributed by atoms with Crippen molar-refractivity contribution in [3.63, 3.8) is 0 Å². The van der Waals surface area contributed by atoms with E-state index in [4.69, 9.17) is 4.74 Å². The summed E-state index contributed by atoms with van der Waals surface area (Å²) in [6.07, 6.45) is 3.26. The number of hydrogen-bond acceptors (Lipinski definition) is 2. The van der Waals surface area contributed by atoms with Gasteiger partial charge in [-0.3, -0.25) is 4.79 Å².